The quantitative estimate of drug-likeness (QED) is 0.804. The molecule has 0 spiro atoms. The van der Waals surface area contributed by atoms with Crippen LogP contribution in [0.1, 0.15) is 32.4 Å². The van der Waals surface area contributed by atoms with E-state index in [1.165, 1.54) is 12.1 Å². The molecule has 1 atom stereocenters. The molecule has 0 saturated heterocycles. The van der Waals surface area contributed by atoms with Crippen molar-refractivity contribution in [2.24, 2.45) is 5.92 Å². The Morgan fingerprint density at radius 3 is 2.14 bits per heavy atom. The molecule has 0 aliphatic carbocycles. The molecule has 1 unspecified atom stereocenters. The van der Waals surface area contributed by atoms with Crippen LogP contribution >= 0.6 is 0 Å². The molecular weight excluding hydrogens is 265 g/mol. The summed E-state index contributed by atoms with van der Waals surface area (Å²) in [5.41, 5.74) is 2.07. The maximum atomic E-state index is 12.9. The van der Waals surface area contributed by atoms with Crippen molar-refractivity contribution in [3.63, 3.8) is 0 Å². The lowest BCUT2D eigenvalue weighted by Crippen LogP contribution is -2.07. The predicted octanol–water partition coefficient (Wildman–Crippen LogP) is 5.03. The summed E-state index contributed by atoms with van der Waals surface area (Å²) in [5.74, 6) is 1.19. The molecule has 2 nitrogen and oxygen atoms in total. The van der Waals surface area contributed by atoms with Crippen LogP contribution in [0.4, 0.5) is 10.1 Å². The van der Waals surface area contributed by atoms with Gasteiger partial charge in [0.1, 0.15) is 11.6 Å². The van der Waals surface area contributed by atoms with Gasteiger partial charge in [-0.25, -0.2) is 4.39 Å². The predicted molar refractivity (Wildman–Crippen MR) is 85.2 cm³/mol. The average molecular weight is 287 g/mol. The monoisotopic (exact) mass is 287 g/mol. The van der Waals surface area contributed by atoms with Crippen molar-refractivity contribution in [3.8, 4) is 5.75 Å². The molecule has 0 heterocycles. The van der Waals surface area contributed by atoms with Crippen molar-refractivity contribution in [1.82, 2.24) is 0 Å². The first-order valence-electron chi connectivity index (χ1n) is 7.29. The Bertz CT molecular complexity index is 548. The van der Waals surface area contributed by atoms with Crippen molar-refractivity contribution in [2.75, 3.05) is 11.9 Å². The highest BCUT2D eigenvalue weighted by Crippen LogP contribution is 2.22. The molecule has 2 aromatic carbocycles. The van der Waals surface area contributed by atoms with E-state index >= 15 is 0 Å². The van der Waals surface area contributed by atoms with E-state index in [0.717, 1.165) is 23.6 Å². The van der Waals surface area contributed by atoms with Gasteiger partial charge in [0.05, 0.1) is 6.61 Å². The molecule has 0 bridgehead atoms. The maximum Gasteiger partial charge on any atom is 0.123 e. The summed E-state index contributed by atoms with van der Waals surface area (Å²) in [6.45, 7) is 7.06. The van der Waals surface area contributed by atoms with Gasteiger partial charge in [-0.15, -0.1) is 0 Å². The van der Waals surface area contributed by atoms with Crippen molar-refractivity contribution in [2.45, 2.75) is 26.8 Å². The van der Waals surface area contributed by atoms with Crippen LogP contribution in [0, 0.1) is 11.7 Å². The van der Waals surface area contributed by atoms with Crippen LogP contribution in [0.2, 0.25) is 0 Å². The van der Waals surface area contributed by atoms with Crippen LogP contribution < -0.4 is 10.1 Å². The summed E-state index contributed by atoms with van der Waals surface area (Å²) in [7, 11) is 0. The average Bonchev–Trinajstić information content (AvgIpc) is 2.48. The number of anilines is 1. The molecule has 112 valence electrons. The Morgan fingerprint density at radius 1 is 0.952 bits per heavy atom. The minimum absolute atomic E-state index is 0.148. The van der Waals surface area contributed by atoms with E-state index in [9.17, 15) is 4.39 Å². The Kier molecular flexibility index (Phi) is 5.20. The summed E-state index contributed by atoms with van der Waals surface area (Å²) in [6.07, 6.45) is 0. The van der Waals surface area contributed by atoms with Crippen LogP contribution in [-0.2, 0) is 0 Å². The van der Waals surface area contributed by atoms with Gasteiger partial charge in [-0.2, -0.15) is 0 Å². The first-order chi connectivity index (χ1) is 10.0. The lowest BCUT2D eigenvalue weighted by atomic mass is 10.1. The van der Waals surface area contributed by atoms with Gasteiger partial charge in [-0.3, -0.25) is 0 Å². The summed E-state index contributed by atoms with van der Waals surface area (Å²) < 4.78 is 18.6. The minimum Gasteiger partial charge on any atom is -0.493 e. The zero-order valence-electron chi connectivity index (χ0n) is 12.8. The maximum absolute atomic E-state index is 12.9. The van der Waals surface area contributed by atoms with E-state index < -0.39 is 0 Å². The van der Waals surface area contributed by atoms with E-state index in [1.807, 2.05) is 12.1 Å². The van der Waals surface area contributed by atoms with E-state index in [2.05, 4.69) is 38.2 Å². The normalized spacial score (nSPS) is 12.2. The smallest absolute Gasteiger partial charge is 0.123 e. The number of hydrogen-bond donors (Lipinski definition) is 1. The minimum atomic E-state index is -0.222. The molecule has 1 N–H and O–H groups in total. The zero-order chi connectivity index (χ0) is 15.2. The van der Waals surface area contributed by atoms with Gasteiger partial charge >= 0.3 is 0 Å². The van der Waals surface area contributed by atoms with Gasteiger partial charge in [0, 0.05) is 11.7 Å². The number of ether oxygens (including phenoxy) is 1. The first kappa shape index (κ1) is 15.4. The molecule has 0 aliphatic heterocycles. The molecule has 0 radical (unpaired) electrons. The lowest BCUT2D eigenvalue weighted by molar-refractivity contribution is 0.271. The largest absolute Gasteiger partial charge is 0.493 e. The summed E-state index contributed by atoms with van der Waals surface area (Å²) in [6, 6.07) is 14.6. The zero-order valence-corrected chi connectivity index (χ0v) is 12.8. The SMILES string of the molecule is CC(C)COc1ccc(C(C)Nc2ccc(F)cc2)cc1. The first-order valence-corrected chi connectivity index (χ1v) is 7.29. The van der Waals surface area contributed by atoms with E-state index in [-0.39, 0.29) is 11.9 Å². The number of rotatable bonds is 6. The Labute approximate surface area is 126 Å². The van der Waals surface area contributed by atoms with Crippen molar-refractivity contribution < 1.29 is 9.13 Å². The summed E-state index contributed by atoms with van der Waals surface area (Å²) in [5, 5.41) is 3.35. The standard InChI is InChI=1S/C18H22FNO/c1-13(2)12-21-18-10-4-15(5-11-18)14(3)20-17-8-6-16(19)7-9-17/h4-11,13-14,20H,12H2,1-3H3. The topological polar surface area (TPSA) is 21.3 Å². The van der Waals surface area contributed by atoms with Gasteiger partial charge in [0.15, 0.2) is 0 Å². The van der Waals surface area contributed by atoms with Crippen LogP contribution in [0.3, 0.4) is 0 Å². The van der Waals surface area contributed by atoms with Crippen LogP contribution in [0.15, 0.2) is 48.5 Å². The molecule has 0 aromatic heterocycles. The number of nitrogens with one attached hydrogen (secondary N) is 1. The molecule has 21 heavy (non-hydrogen) atoms. The third-order valence-corrected chi connectivity index (χ3v) is 3.19. The molecule has 0 saturated carbocycles. The lowest BCUT2D eigenvalue weighted by Gasteiger charge is -2.16. The fraction of sp³-hybridized carbons (Fsp3) is 0.333. The summed E-state index contributed by atoms with van der Waals surface area (Å²) >= 11 is 0. The third-order valence-electron chi connectivity index (χ3n) is 3.19. The number of hydrogen-bond acceptors (Lipinski definition) is 2. The van der Waals surface area contributed by atoms with E-state index in [4.69, 9.17) is 4.74 Å². The van der Waals surface area contributed by atoms with Crippen molar-refractivity contribution >= 4 is 5.69 Å². The van der Waals surface area contributed by atoms with Crippen LogP contribution in [-0.4, -0.2) is 6.61 Å². The Balaban J connectivity index is 1.96. The molecular formula is C18H22FNO. The second kappa shape index (κ2) is 7.11. The molecule has 0 amide bonds. The van der Waals surface area contributed by atoms with E-state index in [0.29, 0.717) is 5.92 Å². The number of benzene rings is 2. The Hall–Kier alpha value is -2.03. The van der Waals surface area contributed by atoms with Gasteiger partial charge in [-0.1, -0.05) is 26.0 Å². The number of halogens is 1. The van der Waals surface area contributed by atoms with Gasteiger partial charge in [-0.05, 0) is 54.8 Å². The molecule has 0 aliphatic rings. The molecule has 2 rings (SSSR count). The van der Waals surface area contributed by atoms with Crippen molar-refractivity contribution in [1.29, 1.82) is 0 Å². The second-order valence-electron chi connectivity index (χ2n) is 5.65. The second-order valence-corrected chi connectivity index (χ2v) is 5.65. The van der Waals surface area contributed by atoms with E-state index in [1.54, 1.807) is 12.1 Å². The van der Waals surface area contributed by atoms with Crippen LogP contribution in [0.25, 0.3) is 0 Å². The molecule has 2 aromatic rings. The third kappa shape index (κ3) is 4.78. The molecule has 3 heteroatoms. The fourth-order valence-corrected chi connectivity index (χ4v) is 2.00. The van der Waals surface area contributed by atoms with Crippen LogP contribution in [0.5, 0.6) is 5.75 Å². The highest BCUT2D eigenvalue weighted by atomic mass is 19.1. The molecule has 0 fully saturated rings. The highest BCUT2D eigenvalue weighted by Gasteiger charge is 2.06. The fourth-order valence-electron chi connectivity index (χ4n) is 2.00. The van der Waals surface area contributed by atoms with Gasteiger partial charge < -0.3 is 10.1 Å². The van der Waals surface area contributed by atoms with Crippen molar-refractivity contribution in [3.05, 3.63) is 59.9 Å². The van der Waals surface area contributed by atoms with Gasteiger partial charge in [0.25, 0.3) is 0 Å². The van der Waals surface area contributed by atoms with Gasteiger partial charge in [0.2, 0.25) is 0 Å². The summed E-state index contributed by atoms with van der Waals surface area (Å²) in [4.78, 5) is 0. The highest BCUT2D eigenvalue weighted by molar-refractivity contribution is 5.45. The Morgan fingerprint density at radius 2 is 1.57 bits per heavy atom.